The molecule has 3 rings (SSSR count). The fourth-order valence-corrected chi connectivity index (χ4v) is 3.53. The summed E-state index contributed by atoms with van der Waals surface area (Å²) < 4.78 is 5.61. The Balaban J connectivity index is 1.95. The van der Waals surface area contributed by atoms with Gasteiger partial charge in [-0.25, -0.2) is 9.97 Å². The molecule has 0 saturated heterocycles. The first kappa shape index (κ1) is 28.0. The fraction of sp³-hybridized carbons (Fsp3) is 0.269. The Morgan fingerprint density at radius 3 is 2.63 bits per heavy atom. The van der Waals surface area contributed by atoms with Gasteiger partial charge in [-0.05, 0) is 32.3 Å². The van der Waals surface area contributed by atoms with Gasteiger partial charge in [-0.2, -0.15) is 0 Å². The molecule has 200 valence electrons. The van der Waals surface area contributed by atoms with E-state index in [-0.39, 0.29) is 22.9 Å². The van der Waals surface area contributed by atoms with Gasteiger partial charge < -0.3 is 30.3 Å². The van der Waals surface area contributed by atoms with Gasteiger partial charge in [0.25, 0.3) is 5.69 Å². The fourth-order valence-electron chi connectivity index (χ4n) is 3.53. The highest BCUT2D eigenvalue weighted by atomic mass is 16.6. The lowest BCUT2D eigenvalue weighted by atomic mass is 10.1. The van der Waals surface area contributed by atoms with Gasteiger partial charge in [-0.1, -0.05) is 18.7 Å². The number of methoxy groups -OCH3 is 1. The van der Waals surface area contributed by atoms with Crippen LogP contribution in [0.2, 0.25) is 0 Å². The minimum Gasteiger partial charge on any atom is -0.494 e. The Morgan fingerprint density at radius 1 is 1.21 bits per heavy atom. The zero-order chi connectivity index (χ0) is 27.8. The molecule has 0 saturated carbocycles. The number of nitrogens with zero attached hydrogens (tertiary/aromatic N) is 5. The van der Waals surface area contributed by atoms with Crippen molar-refractivity contribution in [3.8, 4) is 5.75 Å². The van der Waals surface area contributed by atoms with Crippen molar-refractivity contribution in [2.45, 2.75) is 6.23 Å². The maximum atomic E-state index is 13.0. The number of non-ortho nitro benzene ring substituents is 1. The molecule has 0 spiro atoms. The van der Waals surface area contributed by atoms with E-state index in [4.69, 9.17) is 4.74 Å². The first-order valence-corrected chi connectivity index (χ1v) is 11.7. The van der Waals surface area contributed by atoms with Gasteiger partial charge in [-0.15, -0.1) is 0 Å². The summed E-state index contributed by atoms with van der Waals surface area (Å²) >= 11 is 0. The van der Waals surface area contributed by atoms with Crippen LogP contribution in [0, 0.1) is 10.1 Å². The summed E-state index contributed by atoms with van der Waals surface area (Å²) in [7, 11) is 7.43. The lowest BCUT2D eigenvalue weighted by molar-refractivity contribution is -0.384. The first-order valence-electron chi connectivity index (χ1n) is 11.7. The zero-order valence-electron chi connectivity index (χ0n) is 21.7. The average Bonchev–Trinajstić information content (AvgIpc) is 2.91. The first-order chi connectivity index (χ1) is 18.1. The van der Waals surface area contributed by atoms with Gasteiger partial charge in [0, 0.05) is 50.1 Å². The third kappa shape index (κ3) is 7.02. The number of hydrogen-bond donors (Lipinski definition) is 3. The number of carbonyl (C=O) groups excluding carboxylic acids is 1. The highest BCUT2D eigenvalue weighted by Crippen LogP contribution is 2.38. The van der Waals surface area contributed by atoms with Crippen LogP contribution in [0.4, 0.5) is 28.7 Å². The number of aromatic nitrogens is 2. The Bertz CT molecular complexity index is 1310. The number of carbonyl (C=O) groups is 1. The van der Waals surface area contributed by atoms with Crippen LogP contribution in [0.5, 0.6) is 5.75 Å². The van der Waals surface area contributed by atoms with Crippen LogP contribution in [0.15, 0.2) is 61.3 Å². The van der Waals surface area contributed by atoms with Gasteiger partial charge in [-0.3, -0.25) is 14.9 Å². The number of likely N-dealkylation sites (N-methyl/N-ethyl adjacent to an activating group) is 2. The minimum absolute atomic E-state index is 0.0578. The number of anilines is 4. The maximum absolute atomic E-state index is 13.0. The summed E-state index contributed by atoms with van der Waals surface area (Å²) in [6.07, 6.45) is 1.79. The number of ketones is 1. The van der Waals surface area contributed by atoms with Crippen molar-refractivity contribution in [3.63, 3.8) is 0 Å². The number of aliphatic hydroxyl groups excluding tert-OH is 1. The Kier molecular flexibility index (Phi) is 9.30. The summed E-state index contributed by atoms with van der Waals surface area (Å²) in [4.78, 5) is 36.1. The van der Waals surface area contributed by atoms with Crippen molar-refractivity contribution in [3.05, 3.63) is 82.7 Å². The number of nitro groups is 1. The topological polar surface area (TPSA) is 146 Å². The van der Waals surface area contributed by atoms with Crippen LogP contribution < -0.4 is 20.3 Å². The van der Waals surface area contributed by atoms with Crippen molar-refractivity contribution in [2.24, 2.45) is 0 Å². The average molecular weight is 522 g/mol. The normalized spacial score (nSPS) is 11.5. The van der Waals surface area contributed by atoms with Crippen molar-refractivity contribution in [1.82, 2.24) is 14.9 Å². The molecule has 12 nitrogen and oxygen atoms in total. The van der Waals surface area contributed by atoms with Crippen LogP contribution in [0.1, 0.15) is 16.1 Å². The van der Waals surface area contributed by atoms with Crippen LogP contribution in [0.3, 0.4) is 0 Å². The standard InChI is InChI=1S/C26H31N7O5/c1-6-24(34)28-20-15-21(23(38-5)16-22(20)32(4)13-12-31(2)3)30-26-27-11-10-19(29-26)25(35)17-8-7-9-18(14-17)33(36)37/h6-11,14-16,24,28,34H,1,12-13H2,2-5H3,(H,27,29,30). The van der Waals surface area contributed by atoms with Crippen LogP contribution in [0.25, 0.3) is 0 Å². The van der Waals surface area contributed by atoms with E-state index in [1.54, 1.807) is 6.07 Å². The summed E-state index contributed by atoms with van der Waals surface area (Å²) in [5.41, 5.74) is 1.87. The predicted molar refractivity (Wildman–Crippen MR) is 146 cm³/mol. The molecule has 0 aliphatic heterocycles. The van der Waals surface area contributed by atoms with E-state index in [1.807, 2.05) is 32.1 Å². The Morgan fingerprint density at radius 2 is 1.97 bits per heavy atom. The highest BCUT2D eigenvalue weighted by molar-refractivity contribution is 6.08. The predicted octanol–water partition coefficient (Wildman–Crippen LogP) is 3.28. The van der Waals surface area contributed by atoms with E-state index in [0.717, 1.165) is 12.2 Å². The third-order valence-corrected chi connectivity index (χ3v) is 5.59. The maximum Gasteiger partial charge on any atom is 0.270 e. The third-order valence-electron chi connectivity index (χ3n) is 5.59. The molecule has 0 amide bonds. The van der Waals surface area contributed by atoms with Crippen molar-refractivity contribution in [2.75, 3.05) is 56.9 Å². The van der Waals surface area contributed by atoms with E-state index in [1.165, 1.54) is 49.7 Å². The second kappa shape index (κ2) is 12.6. The number of hydrogen-bond acceptors (Lipinski definition) is 11. The van der Waals surface area contributed by atoms with E-state index < -0.39 is 16.9 Å². The Hall–Kier alpha value is -4.55. The lowest BCUT2D eigenvalue weighted by Crippen LogP contribution is -2.29. The van der Waals surface area contributed by atoms with Crippen LogP contribution >= 0.6 is 0 Å². The second-order valence-electron chi connectivity index (χ2n) is 8.65. The Labute approximate surface area is 220 Å². The molecular formula is C26H31N7O5. The smallest absolute Gasteiger partial charge is 0.270 e. The van der Waals surface area contributed by atoms with Gasteiger partial charge in [0.15, 0.2) is 0 Å². The second-order valence-corrected chi connectivity index (χ2v) is 8.65. The quantitative estimate of drug-likeness (QED) is 0.100. The number of nitrogens with one attached hydrogen (secondary N) is 2. The molecule has 0 fully saturated rings. The molecule has 0 aliphatic rings. The van der Waals surface area contributed by atoms with Crippen LogP contribution in [-0.4, -0.2) is 78.3 Å². The molecular weight excluding hydrogens is 490 g/mol. The number of rotatable bonds is 13. The van der Waals surface area contributed by atoms with Gasteiger partial charge in [0.2, 0.25) is 11.7 Å². The largest absolute Gasteiger partial charge is 0.494 e. The van der Waals surface area contributed by atoms with Crippen molar-refractivity contribution < 1.29 is 19.6 Å². The summed E-state index contributed by atoms with van der Waals surface area (Å²) in [5.74, 6) is 0.110. The number of aliphatic hydroxyl groups is 1. The van der Waals surface area contributed by atoms with E-state index in [0.29, 0.717) is 23.7 Å². The number of benzene rings is 2. The molecule has 3 N–H and O–H groups in total. The summed E-state index contributed by atoms with van der Waals surface area (Å²) in [6.45, 7) is 5.14. The molecule has 3 aromatic rings. The molecule has 0 aliphatic carbocycles. The molecule has 1 heterocycles. The van der Waals surface area contributed by atoms with Crippen molar-refractivity contribution >= 4 is 34.5 Å². The molecule has 1 unspecified atom stereocenters. The van der Waals surface area contributed by atoms with Gasteiger partial charge >= 0.3 is 0 Å². The molecule has 1 atom stereocenters. The van der Waals surface area contributed by atoms with Crippen LogP contribution in [-0.2, 0) is 0 Å². The van der Waals surface area contributed by atoms with Crippen molar-refractivity contribution in [1.29, 1.82) is 0 Å². The zero-order valence-corrected chi connectivity index (χ0v) is 21.7. The monoisotopic (exact) mass is 521 g/mol. The highest BCUT2D eigenvalue weighted by Gasteiger charge is 2.18. The van der Waals surface area contributed by atoms with Gasteiger partial charge in [0.1, 0.15) is 17.7 Å². The molecule has 38 heavy (non-hydrogen) atoms. The lowest BCUT2D eigenvalue weighted by Gasteiger charge is -2.27. The summed E-state index contributed by atoms with van der Waals surface area (Å²) in [6, 6.07) is 10.4. The minimum atomic E-state index is -0.996. The number of nitro benzene ring substituents is 1. The molecule has 0 bridgehead atoms. The van der Waals surface area contributed by atoms with E-state index in [9.17, 15) is 20.0 Å². The van der Waals surface area contributed by atoms with E-state index >= 15 is 0 Å². The SMILES string of the molecule is C=CC(O)Nc1cc(Nc2nccc(C(=O)c3cccc([N+](=O)[O-])c3)n2)c(OC)cc1N(C)CCN(C)C. The van der Waals surface area contributed by atoms with E-state index in [2.05, 4.69) is 32.1 Å². The molecule has 1 aromatic heterocycles. The van der Waals surface area contributed by atoms with Gasteiger partial charge in [0.05, 0.1) is 29.1 Å². The number of ether oxygens (including phenoxy) is 1. The molecule has 0 radical (unpaired) electrons. The molecule has 2 aromatic carbocycles. The molecule has 12 heteroatoms. The summed E-state index contributed by atoms with van der Waals surface area (Å²) in [5, 5.41) is 27.4.